The maximum absolute atomic E-state index is 12.4. The first-order valence-electron chi connectivity index (χ1n) is 7.36. The van der Waals surface area contributed by atoms with E-state index in [1.165, 1.54) is 0 Å². The smallest absolute Gasteiger partial charge is 0.211 e. The summed E-state index contributed by atoms with van der Waals surface area (Å²) in [6.07, 6.45) is 5.46. The number of aryl methyl sites for hydroxylation is 1. The van der Waals surface area contributed by atoms with Gasteiger partial charge in [-0.05, 0) is 56.5 Å². The van der Waals surface area contributed by atoms with Gasteiger partial charge in [-0.1, -0.05) is 26.0 Å². The van der Waals surface area contributed by atoms with Gasteiger partial charge in [0, 0.05) is 17.3 Å². The molecule has 0 aliphatic rings. The van der Waals surface area contributed by atoms with E-state index in [-0.39, 0.29) is 5.78 Å². The van der Waals surface area contributed by atoms with Crippen LogP contribution in [0.1, 0.15) is 48.0 Å². The molecule has 1 heterocycles. The van der Waals surface area contributed by atoms with Gasteiger partial charge in [0.15, 0.2) is 0 Å². The van der Waals surface area contributed by atoms with Crippen LogP contribution in [-0.4, -0.2) is 17.5 Å². The predicted octanol–water partition coefficient (Wildman–Crippen LogP) is 5.01. The molecule has 0 fully saturated rings. The Morgan fingerprint density at radius 2 is 1.95 bits per heavy atom. The molecule has 114 valence electrons. The van der Waals surface area contributed by atoms with E-state index in [1.54, 1.807) is 24.4 Å². The zero-order chi connectivity index (χ0) is 16.5. The highest BCUT2D eigenvalue weighted by Crippen LogP contribution is 2.23. The Morgan fingerprint density at radius 1 is 1.23 bits per heavy atom. The lowest BCUT2D eigenvalue weighted by molar-refractivity contribution is 0.103. The summed E-state index contributed by atoms with van der Waals surface area (Å²) < 4.78 is 0. The van der Waals surface area contributed by atoms with Crippen LogP contribution in [0.2, 0.25) is 0 Å². The molecule has 3 nitrogen and oxygen atoms in total. The van der Waals surface area contributed by atoms with Gasteiger partial charge in [0.05, 0.1) is 5.69 Å². The monoisotopic (exact) mass is 294 g/mol. The van der Waals surface area contributed by atoms with Crippen LogP contribution in [0.15, 0.2) is 47.6 Å². The van der Waals surface area contributed by atoms with Crippen molar-refractivity contribution in [3.8, 4) is 0 Å². The second-order valence-electron chi connectivity index (χ2n) is 4.48. The third kappa shape index (κ3) is 4.22. The van der Waals surface area contributed by atoms with E-state index in [0.717, 1.165) is 16.8 Å². The number of allylic oxidation sites excluding steroid dienone is 1. The molecule has 0 unspecified atom stereocenters. The molecule has 0 saturated heterocycles. The SMILES string of the molecule is C=Nc1ccc(C(=O)c2cc(C)ccn2)cc1/C=C\C.CC. The Kier molecular flexibility index (Phi) is 6.90. The molecule has 1 aromatic carbocycles. The Hall–Kier alpha value is -2.55. The quantitative estimate of drug-likeness (QED) is 0.587. The minimum atomic E-state index is -0.0879. The first kappa shape index (κ1) is 17.5. The summed E-state index contributed by atoms with van der Waals surface area (Å²) in [5, 5.41) is 0. The van der Waals surface area contributed by atoms with Gasteiger partial charge in [0.1, 0.15) is 5.69 Å². The lowest BCUT2D eigenvalue weighted by Gasteiger charge is -2.05. The van der Waals surface area contributed by atoms with Crippen LogP contribution in [0, 0.1) is 6.92 Å². The summed E-state index contributed by atoms with van der Waals surface area (Å²) in [5.41, 5.74) is 3.71. The van der Waals surface area contributed by atoms with E-state index < -0.39 is 0 Å². The first-order chi connectivity index (χ1) is 10.7. The number of benzene rings is 1. The zero-order valence-corrected chi connectivity index (χ0v) is 13.6. The summed E-state index contributed by atoms with van der Waals surface area (Å²) >= 11 is 0. The lowest BCUT2D eigenvalue weighted by Crippen LogP contribution is -2.04. The molecule has 2 rings (SSSR count). The summed E-state index contributed by atoms with van der Waals surface area (Å²) in [7, 11) is 0. The topological polar surface area (TPSA) is 42.3 Å². The number of aliphatic imine (C=N–C) groups is 1. The van der Waals surface area contributed by atoms with E-state index in [1.807, 2.05) is 52.0 Å². The minimum absolute atomic E-state index is 0.0879. The van der Waals surface area contributed by atoms with Crippen molar-refractivity contribution in [1.29, 1.82) is 0 Å². The minimum Gasteiger partial charge on any atom is -0.287 e. The third-order valence-corrected chi connectivity index (χ3v) is 2.95. The molecule has 3 heteroatoms. The Labute approximate surface area is 132 Å². The van der Waals surface area contributed by atoms with E-state index >= 15 is 0 Å². The van der Waals surface area contributed by atoms with E-state index in [4.69, 9.17) is 0 Å². The van der Waals surface area contributed by atoms with Gasteiger partial charge in [-0.15, -0.1) is 0 Å². The van der Waals surface area contributed by atoms with Crippen molar-refractivity contribution in [1.82, 2.24) is 4.98 Å². The molecule has 0 radical (unpaired) electrons. The molecular weight excluding hydrogens is 272 g/mol. The molecule has 0 amide bonds. The molecule has 0 N–H and O–H groups in total. The van der Waals surface area contributed by atoms with Crippen LogP contribution in [0.25, 0.3) is 6.08 Å². The van der Waals surface area contributed by atoms with Crippen LogP contribution in [0.5, 0.6) is 0 Å². The standard InChI is InChI=1S/C17H16N2O.C2H6/c1-4-5-13-11-14(6-7-15(13)18-3)17(20)16-10-12(2)8-9-19-16;1-2/h4-11H,3H2,1-2H3;1-2H3/b5-4-;. The second kappa shape index (κ2) is 8.67. The zero-order valence-electron chi connectivity index (χ0n) is 13.6. The van der Waals surface area contributed by atoms with Gasteiger partial charge in [-0.3, -0.25) is 14.8 Å². The molecule has 0 spiro atoms. The van der Waals surface area contributed by atoms with Crippen LogP contribution >= 0.6 is 0 Å². The van der Waals surface area contributed by atoms with Gasteiger partial charge in [-0.2, -0.15) is 0 Å². The number of carbonyl (C=O) groups excluding carboxylic acids is 1. The average Bonchev–Trinajstić information content (AvgIpc) is 2.56. The van der Waals surface area contributed by atoms with Crippen LogP contribution in [0.4, 0.5) is 5.69 Å². The van der Waals surface area contributed by atoms with Crippen molar-refractivity contribution < 1.29 is 4.79 Å². The highest BCUT2D eigenvalue weighted by Gasteiger charge is 2.12. The van der Waals surface area contributed by atoms with Gasteiger partial charge in [0.25, 0.3) is 0 Å². The number of ketones is 1. The second-order valence-corrected chi connectivity index (χ2v) is 4.48. The summed E-state index contributed by atoms with van der Waals surface area (Å²) in [6, 6.07) is 9.02. The summed E-state index contributed by atoms with van der Waals surface area (Å²) in [6.45, 7) is 11.4. The van der Waals surface area contributed by atoms with Gasteiger partial charge in [0.2, 0.25) is 5.78 Å². The predicted molar refractivity (Wildman–Crippen MR) is 94.1 cm³/mol. The fraction of sp³-hybridized carbons (Fsp3) is 0.211. The molecule has 0 aliphatic carbocycles. The van der Waals surface area contributed by atoms with Crippen LogP contribution in [0.3, 0.4) is 0 Å². The number of hydrogen-bond donors (Lipinski definition) is 0. The fourth-order valence-electron chi connectivity index (χ4n) is 1.96. The summed E-state index contributed by atoms with van der Waals surface area (Å²) in [4.78, 5) is 20.5. The number of nitrogens with zero attached hydrogens (tertiary/aromatic N) is 2. The largest absolute Gasteiger partial charge is 0.287 e. The molecule has 2 aromatic rings. The molecule has 1 aromatic heterocycles. The molecule has 0 bridgehead atoms. The highest BCUT2D eigenvalue weighted by molar-refractivity contribution is 6.08. The molecule has 22 heavy (non-hydrogen) atoms. The Bertz CT molecular complexity index is 688. The number of pyridine rings is 1. The summed E-state index contributed by atoms with van der Waals surface area (Å²) in [5.74, 6) is -0.0879. The molecule has 0 aliphatic heterocycles. The fourth-order valence-corrected chi connectivity index (χ4v) is 1.96. The number of rotatable bonds is 4. The normalized spacial score (nSPS) is 10.0. The van der Waals surface area contributed by atoms with Crippen molar-refractivity contribution in [3.63, 3.8) is 0 Å². The Morgan fingerprint density at radius 3 is 2.55 bits per heavy atom. The maximum Gasteiger partial charge on any atom is 0.211 e. The van der Waals surface area contributed by atoms with Gasteiger partial charge >= 0.3 is 0 Å². The molecule has 0 saturated carbocycles. The Balaban J connectivity index is 0.00000116. The highest BCUT2D eigenvalue weighted by atomic mass is 16.1. The van der Waals surface area contributed by atoms with Crippen molar-refractivity contribution in [2.45, 2.75) is 27.7 Å². The number of aromatic nitrogens is 1. The van der Waals surface area contributed by atoms with Crippen LogP contribution < -0.4 is 0 Å². The van der Waals surface area contributed by atoms with E-state index in [2.05, 4.69) is 16.7 Å². The van der Waals surface area contributed by atoms with Crippen molar-refractivity contribution >= 4 is 24.3 Å². The van der Waals surface area contributed by atoms with Crippen molar-refractivity contribution in [2.24, 2.45) is 4.99 Å². The molecular formula is C19H22N2O. The average molecular weight is 294 g/mol. The number of hydrogen-bond acceptors (Lipinski definition) is 3. The number of carbonyl (C=O) groups is 1. The lowest BCUT2D eigenvalue weighted by atomic mass is 10.0. The van der Waals surface area contributed by atoms with Crippen LogP contribution in [-0.2, 0) is 0 Å². The molecule has 0 atom stereocenters. The van der Waals surface area contributed by atoms with E-state index in [9.17, 15) is 4.79 Å². The van der Waals surface area contributed by atoms with E-state index in [0.29, 0.717) is 11.3 Å². The first-order valence-corrected chi connectivity index (χ1v) is 7.36. The third-order valence-electron chi connectivity index (χ3n) is 2.95. The maximum atomic E-state index is 12.4. The van der Waals surface area contributed by atoms with Gasteiger partial charge in [-0.25, -0.2) is 0 Å². The van der Waals surface area contributed by atoms with Gasteiger partial charge < -0.3 is 0 Å². The van der Waals surface area contributed by atoms with Crippen molar-refractivity contribution in [3.05, 3.63) is 65.0 Å². The van der Waals surface area contributed by atoms with Crippen molar-refractivity contribution in [2.75, 3.05) is 0 Å².